The van der Waals surface area contributed by atoms with Crippen LogP contribution in [0.2, 0.25) is 0 Å². The number of hydrogen-bond acceptors (Lipinski definition) is 5. The molecule has 0 aliphatic rings. The van der Waals surface area contributed by atoms with Crippen molar-refractivity contribution in [3.63, 3.8) is 0 Å². The van der Waals surface area contributed by atoms with E-state index in [4.69, 9.17) is 4.74 Å². The molecule has 7 heteroatoms. The fraction of sp³-hybridized carbons (Fsp3) is 0.231. The highest BCUT2D eigenvalue weighted by molar-refractivity contribution is 5.88. The van der Waals surface area contributed by atoms with Crippen LogP contribution in [0.3, 0.4) is 0 Å². The van der Waals surface area contributed by atoms with Crippen LogP contribution in [0.15, 0.2) is 24.3 Å². The highest BCUT2D eigenvalue weighted by atomic mass is 16.6. The molecule has 0 aliphatic heterocycles. The molecule has 1 aromatic heterocycles. The van der Waals surface area contributed by atoms with Gasteiger partial charge in [-0.05, 0) is 19.1 Å². The van der Waals surface area contributed by atoms with E-state index in [9.17, 15) is 14.9 Å². The Morgan fingerprint density at radius 1 is 1.55 bits per heavy atom. The molecule has 0 bridgehead atoms. The van der Waals surface area contributed by atoms with E-state index >= 15 is 0 Å². The Morgan fingerprint density at radius 2 is 2.35 bits per heavy atom. The second-order valence-electron chi connectivity index (χ2n) is 4.01. The minimum Gasteiger partial charge on any atom is -0.466 e. The molecule has 2 rings (SSSR count). The molecule has 104 valence electrons. The predicted molar refractivity (Wildman–Crippen MR) is 73.0 cm³/mol. The van der Waals surface area contributed by atoms with Crippen molar-refractivity contribution in [1.29, 1.82) is 0 Å². The van der Waals surface area contributed by atoms with Crippen LogP contribution < -0.4 is 0 Å². The number of rotatable bonds is 5. The summed E-state index contributed by atoms with van der Waals surface area (Å²) >= 11 is 0. The first-order valence-corrected chi connectivity index (χ1v) is 6.06. The molecule has 0 saturated heterocycles. The molecule has 0 unspecified atom stereocenters. The van der Waals surface area contributed by atoms with Gasteiger partial charge in [0.15, 0.2) is 0 Å². The van der Waals surface area contributed by atoms with E-state index in [-0.39, 0.29) is 18.1 Å². The Bertz CT molecular complexity index is 675. The molecule has 2 aromatic rings. The first-order chi connectivity index (χ1) is 9.61. The average Bonchev–Trinajstić information content (AvgIpc) is 2.81. The Hall–Kier alpha value is -2.70. The lowest BCUT2D eigenvalue weighted by molar-refractivity contribution is -0.384. The van der Waals surface area contributed by atoms with Gasteiger partial charge in [-0.25, -0.2) is 0 Å². The molecule has 1 aromatic carbocycles. The molecule has 0 atom stereocenters. The largest absolute Gasteiger partial charge is 0.466 e. The number of nitro groups is 1. The highest BCUT2D eigenvalue weighted by Crippen LogP contribution is 2.22. The smallest absolute Gasteiger partial charge is 0.309 e. The zero-order valence-electron chi connectivity index (χ0n) is 10.8. The van der Waals surface area contributed by atoms with Gasteiger partial charge < -0.3 is 4.74 Å². The molecule has 1 heterocycles. The van der Waals surface area contributed by atoms with E-state index in [1.807, 2.05) is 0 Å². The maximum absolute atomic E-state index is 11.2. The Kier molecular flexibility index (Phi) is 4.09. The van der Waals surface area contributed by atoms with Gasteiger partial charge in [0, 0.05) is 17.5 Å². The van der Waals surface area contributed by atoms with Crippen LogP contribution in [-0.2, 0) is 9.53 Å². The average molecular weight is 275 g/mol. The monoisotopic (exact) mass is 275 g/mol. The van der Waals surface area contributed by atoms with E-state index in [0.29, 0.717) is 17.8 Å². The Balaban J connectivity index is 2.17. The molecule has 1 N–H and O–H groups in total. The van der Waals surface area contributed by atoms with E-state index in [1.54, 1.807) is 25.1 Å². The van der Waals surface area contributed by atoms with Crippen LogP contribution in [0.4, 0.5) is 5.69 Å². The number of H-pyrrole nitrogens is 1. The van der Waals surface area contributed by atoms with E-state index in [0.717, 1.165) is 5.39 Å². The van der Waals surface area contributed by atoms with Crippen LogP contribution in [0, 0.1) is 10.1 Å². The maximum Gasteiger partial charge on any atom is 0.309 e. The van der Waals surface area contributed by atoms with E-state index < -0.39 is 4.92 Å². The van der Waals surface area contributed by atoms with Crippen molar-refractivity contribution in [3.05, 3.63) is 40.1 Å². The molecule has 0 saturated carbocycles. The molecular weight excluding hydrogens is 262 g/mol. The Labute approximate surface area is 114 Å². The molecular formula is C13H13N3O4. The summed E-state index contributed by atoms with van der Waals surface area (Å²) in [7, 11) is 0. The number of esters is 1. The molecule has 0 spiro atoms. The third kappa shape index (κ3) is 3.00. The highest BCUT2D eigenvalue weighted by Gasteiger charge is 2.09. The first-order valence-electron chi connectivity index (χ1n) is 6.06. The SMILES string of the molecule is CCOC(=O)CC=Cc1n[nH]c2cc([N+](=O)[O-])ccc12. The van der Waals surface area contributed by atoms with Crippen LogP contribution in [0.25, 0.3) is 17.0 Å². The van der Waals surface area contributed by atoms with Crippen LogP contribution in [0.1, 0.15) is 19.0 Å². The zero-order chi connectivity index (χ0) is 14.5. The standard InChI is InChI=1S/C13H13N3O4/c1-2-20-13(17)5-3-4-11-10-7-6-9(16(18)19)8-12(10)15-14-11/h3-4,6-8H,2,5H2,1H3,(H,14,15). The number of carbonyl (C=O) groups is 1. The molecule has 0 fully saturated rings. The molecule has 0 aliphatic carbocycles. The van der Waals surface area contributed by atoms with Crippen molar-refractivity contribution in [1.82, 2.24) is 10.2 Å². The van der Waals surface area contributed by atoms with Gasteiger partial charge in [0.05, 0.1) is 29.2 Å². The lowest BCUT2D eigenvalue weighted by atomic mass is 10.2. The van der Waals surface area contributed by atoms with Crippen LogP contribution in [0.5, 0.6) is 0 Å². The maximum atomic E-state index is 11.2. The van der Waals surface area contributed by atoms with Gasteiger partial charge in [-0.3, -0.25) is 20.0 Å². The van der Waals surface area contributed by atoms with Crippen molar-refractivity contribution in [3.8, 4) is 0 Å². The second-order valence-corrected chi connectivity index (χ2v) is 4.01. The number of ether oxygens (including phenoxy) is 1. The fourth-order valence-corrected chi connectivity index (χ4v) is 1.76. The number of non-ortho nitro benzene ring substituents is 1. The second kappa shape index (κ2) is 5.96. The number of aromatic amines is 1. The summed E-state index contributed by atoms with van der Waals surface area (Å²) in [5.41, 5.74) is 1.21. The summed E-state index contributed by atoms with van der Waals surface area (Å²) in [5.74, 6) is -0.306. The topological polar surface area (TPSA) is 98.1 Å². The van der Waals surface area contributed by atoms with E-state index in [1.165, 1.54) is 12.1 Å². The third-order valence-electron chi connectivity index (χ3n) is 2.65. The number of carbonyl (C=O) groups excluding carboxylic acids is 1. The number of benzene rings is 1. The first kappa shape index (κ1) is 13.7. The van der Waals surface area contributed by atoms with Crippen molar-refractivity contribution < 1.29 is 14.5 Å². The molecule has 0 radical (unpaired) electrons. The lowest BCUT2D eigenvalue weighted by Crippen LogP contribution is -2.01. The fourth-order valence-electron chi connectivity index (χ4n) is 1.76. The van der Waals surface area contributed by atoms with E-state index in [2.05, 4.69) is 10.2 Å². The minimum absolute atomic E-state index is 0.00297. The van der Waals surface area contributed by atoms with Gasteiger partial charge in [0.2, 0.25) is 0 Å². The number of nitrogens with one attached hydrogen (secondary N) is 1. The van der Waals surface area contributed by atoms with Crippen molar-refractivity contribution in [2.24, 2.45) is 0 Å². The number of nitro benzene ring substituents is 1. The number of nitrogens with zero attached hydrogens (tertiary/aromatic N) is 2. The molecule has 7 nitrogen and oxygen atoms in total. The normalized spacial score (nSPS) is 11.1. The number of fused-ring (bicyclic) bond motifs is 1. The Morgan fingerprint density at radius 3 is 3.05 bits per heavy atom. The van der Waals surface area contributed by atoms with Crippen molar-refractivity contribution >= 4 is 28.6 Å². The van der Waals surface area contributed by atoms with Crippen LogP contribution >= 0.6 is 0 Å². The molecule has 0 amide bonds. The van der Waals surface area contributed by atoms with Gasteiger partial charge >= 0.3 is 5.97 Å². The van der Waals surface area contributed by atoms with Gasteiger partial charge in [-0.2, -0.15) is 5.10 Å². The summed E-state index contributed by atoms with van der Waals surface area (Å²) in [6.07, 6.45) is 3.49. The van der Waals surface area contributed by atoms with Gasteiger partial charge in [-0.15, -0.1) is 0 Å². The molecule has 20 heavy (non-hydrogen) atoms. The van der Waals surface area contributed by atoms with Gasteiger partial charge in [0.25, 0.3) is 5.69 Å². The summed E-state index contributed by atoms with van der Waals surface area (Å²) in [6.45, 7) is 2.09. The third-order valence-corrected chi connectivity index (χ3v) is 2.65. The van der Waals surface area contributed by atoms with Crippen molar-refractivity contribution in [2.75, 3.05) is 6.61 Å². The van der Waals surface area contributed by atoms with Gasteiger partial charge in [-0.1, -0.05) is 6.08 Å². The number of hydrogen-bond donors (Lipinski definition) is 1. The minimum atomic E-state index is -0.462. The summed E-state index contributed by atoms with van der Waals surface area (Å²) in [6, 6.07) is 4.46. The summed E-state index contributed by atoms with van der Waals surface area (Å²) in [5, 5.41) is 18.2. The predicted octanol–water partition coefficient (Wildman–Crippen LogP) is 2.44. The zero-order valence-corrected chi connectivity index (χ0v) is 10.8. The summed E-state index contributed by atoms with van der Waals surface area (Å²) in [4.78, 5) is 21.4. The summed E-state index contributed by atoms with van der Waals surface area (Å²) < 4.78 is 4.80. The van der Waals surface area contributed by atoms with Crippen molar-refractivity contribution in [2.45, 2.75) is 13.3 Å². The van der Waals surface area contributed by atoms with Crippen LogP contribution in [-0.4, -0.2) is 27.7 Å². The lowest BCUT2D eigenvalue weighted by Gasteiger charge is -1.96. The van der Waals surface area contributed by atoms with Gasteiger partial charge in [0.1, 0.15) is 0 Å². The number of aromatic nitrogens is 2. The quantitative estimate of drug-likeness (QED) is 0.513.